The largest absolute Gasteiger partial charge is 0.411 e. The third kappa shape index (κ3) is 5.51. The van der Waals surface area contributed by atoms with Gasteiger partial charge in [-0.25, -0.2) is 9.97 Å². The molecule has 0 radical (unpaired) electrons. The molecule has 23 heavy (non-hydrogen) atoms. The number of anilines is 2. The topological polar surface area (TPSA) is 70.5 Å². The molecule has 0 unspecified atom stereocenters. The number of alkyl halides is 3. The fourth-order valence-corrected chi connectivity index (χ4v) is 2.56. The Balaban J connectivity index is 1.89. The van der Waals surface area contributed by atoms with Gasteiger partial charge in [-0.2, -0.15) is 13.2 Å². The van der Waals surface area contributed by atoms with Gasteiger partial charge < -0.3 is 20.1 Å². The van der Waals surface area contributed by atoms with Gasteiger partial charge in [-0.05, 0) is 19.8 Å². The Bertz CT molecular complexity index is 501. The first-order valence-electron chi connectivity index (χ1n) is 7.49. The average molecular weight is 334 g/mol. The molecular weight excluding hydrogens is 313 g/mol. The van der Waals surface area contributed by atoms with E-state index < -0.39 is 12.8 Å². The molecule has 0 aliphatic carbocycles. The molecule has 0 aromatic carbocycles. The molecule has 6 nitrogen and oxygen atoms in total. The summed E-state index contributed by atoms with van der Waals surface area (Å²) in [6.45, 7) is 1.24. The van der Waals surface area contributed by atoms with Crippen molar-refractivity contribution in [1.82, 2.24) is 9.97 Å². The van der Waals surface area contributed by atoms with Gasteiger partial charge in [0.15, 0.2) is 0 Å². The number of nitrogens with one attached hydrogen (secondary N) is 1. The highest BCUT2D eigenvalue weighted by molar-refractivity contribution is 5.50. The molecule has 0 amide bonds. The predicted octanol–water partition coefficient (Wildman–Crippen LogP) is 1.82. The standard InChI is InChI=1S/C14H21F3N4O2/c1-10(7-23-8-14(15,16)17)20-12-5-13(19-9-18-12)21-4-2-3-11(21)6-22/h5,9-11,22H,2-4,6-8H2,1H3,(H,18,19,20)/t10-,11+/m0/s1. The second-order valence-electron chi connectivity index (χ2n) is 5.61. The van der Waals surface area contributed by atoms with Gasteiger partial charge in [0.2, 0.25) is 0 Å². The quantitative estimate of drug-likeness (QED) is 0.793. The molecule has 2 rings (SSSR count). The number of rotatable bonds is 7. The van der Waals surface area contributed by atoms with E-state index in [-0.39, 0.29) is 25.3 Å². The van der Waals surface area contributed by atoms with E-state index in [0.717, 1.165) is 19.4 Å². The summed E-state index contributed by atoms with van der Waals surface area (Å²) in [4.78, 5) is 10.3. The van der Waals surface area contributed by atoms with Crippen LogP contribution in [0.4, 0.5) is 24.8 Å². The van der Waals surface area contributed by atoms with Crippen molar-refractivity contribution >= 4 is 11.6 Å². The van der Waals surface area contributed by atoms with E-state index in [1.54, 1.807) is 13.0 Å². The van der Waals surface area contributed by atoms with Crippen LogP contribution in [0, 0.1) is 0 Å². The van der Waals surface area contributed by atoms with Crippen LogP contribution in [0.1, 0.15) is 19.8 Å². The molecule has 1 aromatic rings. The highest BCUT2D eigenvalue weighted by atomic mass is 19.4. The molecule has 2 heterocycles. The van der Waals surface area contributed by atoms with Gasteiger partial charge in [-0.3, -0.25) is 0 Å². The fourth-order valence-electron chi connectivity index (χ4n) is 2.56. The monoisotopic (exact) mass is 334 g/mol. The third-order valence-electron chi connectivity index (χ3n) is 3.56. The molecule has 1 aliphatic rings. The van der Waals surface area contributed by atoms with Gasteiger partial charge in [-0.15, -0.1) is 0 Å². The van der Waals surface area contributed by atoms with Crippen LogP contribution in [0.5, 0.6) is 0 Å². The summed E-state index contributed by atoms with van der Waals surface area (Å²) in [5.74, 6) is 1.21. The van der Waals surface area contributed by atoms with Crippen LogP contribution < -0.4 is 10.2 Å². The number of aliphatic hydroxyl groups is 1. The zero-order chi connectivity index (χ0) is 16.9. The van der Waals surface area contributed by atoms with E-state index in [0.29, 0.717) is 11.6 Å². The van der Waals surface area contributed by atoms with E-state index in [1.807, 2.05) is 4.90 Å². The lowest BCUT2D eigenvalue weighted by atomic mass is 10.2. The molecule has 2 atom stereocenters. The first-order valence-corrected chi connectivity index (χ1v) is 7.49. The molecule has 9 heteroatoms. The van der Waals surface area contributed by atoms with Gasteiger partial charge >= 0.3 is 6.18 Å². The van der Waals surface area contributed by atoms with Crippen LogP contribution in [0.2, 0.25) is 0 Å². The van der Waals surface area contributed by atoms with E-state index in [1.165, 1.54) is 6.33 Å². The summed E-state index contributed by atoms with van der Waals surface area (Å²) >= 11 is 0. The summed E-state index contributed by atoms with van der Waals surface area (Å²) < 4.78 is 40.7. The van der Waals surface area contributed by atoms with Gasteiger partial charge in [0.1, 0.15) is 24.6 Å². The maximum Gasteiger partial charge on any atom is 0.411 e. The minimum Gasteiger partial charge on any atom is -0.394 e. The normalized spacial score (nSPS) is 19.9. The SMILES string of the molecule is C[C@@H](COCC(F)(F)F)Nc1cc(N2CCC[C@@H]2CO)ncn1. The molecule has 1 fully saturated rings. The summed E-state index contributed by atoms with van der Waals surface area (Å²) in [6.07, 6.45) is -1.03. The Labute approximate surface area is 132 Å². The zero-order valence-corrected chi connectivity index (χ0v) is 12.9. The van der Waals surface area contributed by atoms with Crippen molar-refractivity contribution in [2.45, 2.75) is 38.0 Å². The lowest BCUT2D eigenvalue weighted by Gasteiger charge is -2.24. The van der Waals surface area contributed by atoms with Crippen molar-refractivity contribution in [3.8, 4) is 0 Å². The molecule has 0 spiro atoms. The van der Waals surface area contributed by atoms with Crippen LogP contribution in [-0.4, -0.2) is 59.7 Å². The maximum absolute atomic E-state index is 12.0. The van der Waals surface area contributed by atoms with E-state index >= 15 is 0 Å². The van der Waals surface area contributed by atoms with Gasteiger partial charge in [0.05, 0.1) is 19.3 Å². The highest BCUT2D eigenvalue weighted by Gasteiger charge is 2.28. The van der Waals surface area contributed by atoms with Crippen LogP contribution in [-0.2, 0) is 4.74 Å². The van der Waals surface area contributed by atoms with Crippen molar-refractivity contribution < 1.29 is 23.0 Å². The van der Waals surface area contributed by atoms with E-state index in [9.17, 15) is 18.3 Å². The second kappa shape index (κ2) is 7.78. The number of hydrogen-bond acceptors (Lipinski definition) is 6. The van der Waals surface area contributed by atoms with Crippen molar-refractivity contribution in [3.63, 3.8) is 0 Å². The van der Waals surface area contributed by atoms with Crippen LogP contribution >= 0.6 is 0 Å². The van der Waals surface area contributed by atoms with Crippen molar-refractivity contribution in [3.05, 3.63) is 12.4 Å². The van der Waals surface area contributed by atoms with E-state index in [4.69, 9.17) is 0 Å². The molecule has 2 N–H and O–H groups in total. The number of nitrogens with zero attached hydrogens (tertiary/aromatic N) is 3. The molecule has 1 aliphatic heterocycles. The first-order chi connectivity index (χ1) is 10.9. The smallest absolute Gasteiger partial charge is 0.394 e. The lowest BCUT2D eigenvalue weighted by Crippen LogP contribution is -2.33. The molecule has 0 saturated carbocycles. The number of ether oxygens (including phenoxy) is 1. The Kier molecular flexibility index (Phi) is 6.00. The zero-order valence-electron chi connectivity index (χ0n) is 12.9. The Morgan fingerprint density at radius 3 is 2.96 bits per heavy atom. The Morgan fingerprint density at radius 2 is 2.26 bits per heavy atom. The van der Waals surface area contributed by atoms with E-state index in [2.05, 4.69) is 20.0 Å². The number of halogens is 3. The molecule has 0 bridgehead atoms. The Morgan fingerprint density at radius 1 is 1.48 bits per heavy atom. The third-order valence-corrected chi connectivity index (χ3v) is 3.56. The number of aromatic nitrogens is 2. The minimum absolute atomic E-state index is 0.0466. The van der Waals surface area contributed by atoms with Gasteiger partial charge in [-0.1, -0.05) is 0 Å². The average Bonchev–Trinajstić information content (AvgIpc) is 2.94. The van der Waals surface area contributed by atoms with Crippen molar-refractivity contribution in [2.24, 2.45) is 0 Å². The van der Waals surface area contributed by atoms with Crippen LogP contribution in [0.15, 0.2) is 12.4 Å². The first kappa shape index (κ1) is 17.7. The van der Waals surface area contributed by atoms with Crippen molar-refractivity contribution in [1.29, 1.82) is 0 Å². The Hall–Kier alpha value is -1.61. The lowest BCUT2D eigenvalue weighted by molar-refractivity contribution is -0.174. The van der Waals surface area contributed by atoms with Gasteiger partial charge in [0.25, 0.3) is 0 Å². The van der Waals surface area contributed by atoms with Gasteiger partial charge in [0, 0.05) is 18.7 Å². The molecule has 130 valence electrons. The highest BCUT2D eigenvalue weighted by Crippen LogP contribution is 2.24. The fraction of sp³-hybridized carbons (Fsp3) is 0.714. The van der Waals surface area contributed by atoms with Crippen LogP contribution in [0.25, 0.3) is 0 Å². The summed E-state index contributed by atoms with van der Waals surface area (Å²) in [5.41, 5.74) is 0. The molecule has 1 aromatic heterocycles. The van der Waals surface area contributed by atoms with Crippen LogP contribution in [0.3, 0.4) is 0 Å². The summed E-state index contributed by atoms with van der Waals surface area (Å²) in [7, 11) is 0. The summed E-state index contributed by atoms with van der Waals surface area (Å²) in [5, 5.41) is 12.4. The van der Waals surface area contributed by atoms with Crippen molar-refractivity contribution in [2.75, 3.05) is 36.6 Å². The minimum atomic E-state index is -4.32. The number of aliphatic hydroxyl groups excluding tert-OH is 1. The maximum atomic E-state index is 12.0. The summed E-state index contributed by atoms with van der Waals surface area (Å²) in [6, 6.07) is 1.45. The molecular formula is C14H21F3N4O2. The molecule has 1 saturated heterocycles. The predicted molar refractivity (Wildman–Crippen MR) is 79.4 cm³/mol. The second-order valence-corrected chi connectivity index (χ2v) is 5.61. The number of hydrogen-bond donors (Lipinski definition) is 2.